The first-order valence-electron chi connectivity index (χ1n) is 8.80. The van der Waals surface area contributed by atoms with Crippen LogP contribution in [0.3, 0.4) is 0 Å². The fourth-order valence-corrected chi connectivity index (χ4v) is 2.62. The highest BCUT2D eigenvalue weighted by Gasteiger charge is 2.13. The van der Waals surface area contributed by atoms with Crippen molar-refractivity contribution in [2.24, 2.45) is 11.0 Å². The van der Waals surface area contributed by atoms with E-state index in [1.54, 1.807) is 6.21 Å². The monoisotopic (exact) mass is 336 g/mol. The predicted molar refractivity (Wildman–Crippen MR) is 105 cm³/mol. The van der Waals surface area contributed by atoms with Crippen molar-refractivity contribution in [3.63, 3.8) is 0 Å². The second-order valence-electron chi connectivity index (χ2n) is 7.60. The molecule has 1 atom stereocenters. The van der Waals surface area contributed by atoms with Crippen molar-refractivity contribution in [1.82, 2.24) is 5.43 Å². The normalized spacial score (nSPS) is 13.0. The highest BCUT2D eigenvalue weighted by Crippen LogP contribution is 2.22. The highest BCUT2D eigenvalue weighted by atomic mass is 16.2. The summed E-state index contributed by atoms with van der Waals surface area (Å²) in [5, 5.41) is 4.10. The molecule has 0 aliphatic rings. The number of hydrogen-bond donors (Lipinski definition) is 1. The molecule has 0 saturated carbocycles. The lowest BCUT2D eigenvalue weighted by Crippen LogP contribution is -2.20. The van der Waals surface area contributed by atoms with Gasteiger partial charge in [-0.15, -0.1) is 0 Å². The van der Waals surface area contributed by atoms with Crippen molar-refractivity contribution in [3.05, 3.63) is 71.3 Å². The van der Waals surface area contributed by atoms with Gasteiger partial charge in [-0.25, -0.2) is 5.43 Å². The average Bonchev–Trinajstić information content (AvgIpc) is 2.55. The first-order valence-corrected chi connectivity index (χ1v) is 8.80. The van der Waals surface area contributed by atoms with Gasteiger partial charge in [-0.1, -0.05) is 82.3 Å². The number of carbonyl (C=O) groups excluding carboxylic acids is 1. The lowest BCUT2D eigenvalue weighted by Gasteiger charge is -2.19. The molecule has 1 N–H and O–H groups in total. The molecule has 3 heteroatoms. The largest absolute Gasteiger partial charge is 0.273 e. The second-order valence-corrected chi connectivity index (χ2v) is 7.60. The van der Waals surface area contributed by atoms with Gasteiger partial charge in [0, 0.05) is 6.21 Å². The Morgan fingerprint density at radius 2 is 1.68 bits per heavy atom. The molecule has 0 radical (unpaired) electrons. The molecule has 0 bridgehead atoms. The molecule has 2 aromatic carbocycles. The topological polar surface area (TPSA) is 41.5 Å². The van der Waals surface area contributed by atoms with E-state index < -0.39 is 0 Å². The van der Waals surface area contributed by atoms with Gasteiger partial charge >= 0.3 is 0 Å². The lowest BCUT2D eigenvalue weighted by molar-refractivity contribution is -0.120. The molecule has 0 heterocycles. The summed E-state index contributed by atoms with van der Waals surface area (Å²) in [5.74, 6) is 0.168. The first kappa shape index (κ1) is 18.9. The standard InChI is InChI=1S/C22H28N2O/c1-17(14-19-10-12-20(13-11-19)22(2,3)4)16-23-24-21(25)15-18-8-6-5-7-9-18/h5-13,16-17H,14-15H2,1-4H3,(H,24,25). The van der Waals surface area contributed by atoms with Crippen molar-refractivity contribution in [3.8, 4) is 0 Å². The molecule has 0 aliphatic heterocycles. The Morgan fingerprint density at radius 3 is 2.28 bits per heavy atom. The molecule has 25 heavy (non-hydrogen) atoms. The molecule has 1 unspecified atom stereocenters. The van der Waals surface area contributed by atoms with E-state index in [4.69, 9.17) is 0 Å². The maximum Gasteiger partial charge on any atom is 0.244 e. The molecule has 2 aromatic rings. The first-order chi connectivity index (χ1) is 11.8. The Balaban J connectivity index is 1.80. The summed E-state index contributed by atoms with van der Waals surface area (Å²) in [4.78, 5) is 11.9. The molecule has 3 nitrogen and oxygen atoms in total. The van der Waals surface area contributed by atoms with Crippen LogP contribution in [-0.2, 0) is 23.1 Å². The number of hydrazone groups is 1. The van der Waals surface area contributed by atoms with Gasteiger partial charge in [-0.05, 0) is 34.4 Å². The third-order valence-corrected chi connectivity index (χ3v) is 4.10. The van der Waals surface area contributed by atoms with Crippen molar-refractivity contribution < 1.29 is 4.79 Å². The third-order valence-electron chi connectivity index (χ3n) is 4.10. The number of amides is 1. The van der Waals surface area contributed by atoms with E-state index in [9.17, 15) is 4.79 Å². The van der Waals surface area contributed by atoms with Gasteiger partial charge in [-0.2, -0.15) is 5.10 Å². The second kappa shape index (κ2) is 8.61. The van der Waals surface area contributed by atoms with E-state index >= 15 is 0 Å². The maximum atomic E-state index is 11.9. The van der Waals surface area contributed by atoms with Crippen LogP contribution < -0.4 is 5.43 Å². The number of rotatable bonds is 6. The van der Waals surface area contributed by atoms with Crippen LogP contribution in [0.4, 0.5) is 0 Å². The van der Waals surface area contributed by atoms with E-state index in [0.717, 1.165) is 12.0 Å². The van der Waals surface area contributed by atoms with Gasteiger partial charge in [0.1, 0.15) is 0 Å². The minimum atomic E-state index is -0.0934. The lowest BCUT2D eigenvalue weighted by atomic mass is 9.86. The Hall–Kier alpha value is -2.42. The minimum absolute atomic E-state index is 0.0934. The van der Waals surface area contributed by atoms with Gasteiger partial charge in [0.2, 0.25) is 5.91 Å². The van der Waals surface area contributed by atoms with Crippen LogP contribution in [0.2, 0.25) is 0 Å². The Kier molecular flexibility index (Phi) is 6.51. The molecule has 0 aliphatic carbocycles. The van der Waals surface area contributed by atoms with Crippen LogP contribution in [0.1, 0.15) is 44.4 Å². The molecule has 1 amide bonds. The van der Waals surface area contributed by atoms with Crippen molar-refractivity contribution >= 4 is 12.1 Å². The van der Waals surface area contributed by atoms with E-state index in [0.29, 0.717) is 6.42 Å². The van der Waals surface area contributed by atoms with Crippen LogP contribution >= 0.6 is 0 Å². The number of nitrogens with one attached hydrogen (secondary N) is 1. The summed E-state index contributed by atoms with van der Waals surface area (Å²) < 4.78 is 0. The molecule has 0 saturated heterocycles. The van der Waals surface area contributed by atoms with Crippen molar-refractivity contribution in [2.75, 3.05) is 0 Å². The zero-order chi connectivity index (χ0) is 18.3. The van der Waals surface area contributed by atoms with Gasteiger partial charge in [-0.3, -0.25) is 4.79 Å². The molecule has 0 aromatic heterocycles. The van der Waals surface area contributed by atoms with Gasteiger partial charge in [0.05, 0.1) is 6.42 Å². The fourth-order valence-electron chi connectivity index (χ4n) is 2.62. The van der Waals surface area contributed by atoms with Crippen LogP contribution in [0.15, 0.2) is 59.7 Å². The molecular weight excluding hydrogens is 308 g/mol. The van der Waals surface area contributed by atoms with Crippen molar-refractivity contribution in [1.29, 1.82) is 0 Å². The highest BCUT2D eigenvalue weighted by molar-refractivity contribution is 5.79. The van der Waals surface area contributed by atoms with E-state index in [2.05, 4.69) is 62.5 Å². The quantitative estimate of drug-likeness (QED) is 0.612. The minimum Gasteiger partial charge on any atom is -0.273 e. The predicted octanol–water partition coefficient (Wildman–Crippen LogP) is 4.51. The van der Waals surface area contributed by atoms with Gasteiger partial charge < -0.3 is 0 Å². The Morgan fingerprint density at radius 1 is 1.04 bits per heavy atom. The average molecular weight is 336 g/mol. The third kappa shape index (κ3) is 6.54. The van der Waals surface area contributed by atoms with Crippen molar-refractivity contribution in [2.45, 2.75) is 46.0 Å². The number of hydrogen-bond acceptors (Lipinski definition) is 2. The molecule has 132 valence electrons. The van der Waals surface area contributed by atoms with Crippen LogP contribution in [-0.4, -0.2) is 12.1 Å². The Bertz CT molecular complexity index is 697. The van der Waals surface area contributed by atoms with E-state index in [-0.39, 0.29) is 17.2 Å². The van der Waals surface area contributed by atoms with Gasteiger partial charge in [0.25, 0.3) is 0 Å². The van der Waals surface area contributed by atoms with Crippen LogP contribution in [0.5, 0.6) is 0 Å². The summed E-state index contributed by atoms with van der Waals surface area (Å²) in [6.07, 6.45) is 3.06. The summed E-state index contributed by atoms with van der Waals surface area (Å²) in [6, 6.07) is 18.4. The van der Waals surface area contributed by atoms with Crippen LogP contribution in [0, 0.1) is 5.92 Å². The van der Waals surface area contributed by atoms with E-state index in [1.807, 2.05) is 30.3 Å². The fraction of sp³-hybridized carbons (Fsp3) is 0.364. The number of nitrogens with zero attached hydrogens (tertiary/aromatic N) is 1. The molecule has 0 fully saturated rings. The SMILES string of the molecule is CC(C=NNC(=O)Cc1ccccc1)Cc1ccc(C(C)(C)C)cc1. The van der Waals surface area contributed by atoms with Gasteiger partial charge in [0.15, 0.2) is 0 Å². The summed E-state index contributed by atoms with van der Waals surface area (Å²) in [5.41, 5.74) is 6.39. The zero-order valence-electron chi connectivity index (χ0n) is 15.6. The summed E-state index contributed by atoms with van der Waals surface area (Å²) in [6.45, 7) is 8.75. The number of carbonyl (C=O) groups is 1. The molecule has 2 rings (SSSR count). The maximum absolute atomic E-state index is 11.9. The molecule has 0 spiro atoms. The number of benzene rings is 2. The molecular formula is C22H28N2O. The van der Waals surface area contributed by atoms with Crippen LogP contribution in [0.25, 0.3) is 0 Å². The van der Waals surface area contributed by atoms with E-state index in [1.165, 1.54) is 11.1 Å². The zero-order valence-corrected chi connectivity index (χ0v) is 15.6. The Labute approximate surface area is 151 Å². The summed E-state index contributed by atoms with van der Waals surface area (Å²) >= 11 is 0. The summed E-state index contributed by atoms with van der Waals surface area (Å²) in [7, 11) is 0. The smallest absolute Gasteiger partial charge is 0.244 e.